The van der Waals surface area contributed by atoms with Gasteiger partial charge in [0.25, 0.3) is 0 Å². The van der Waals surface area contributed by atoms with Crippen LogP contribution in [0.1, 0.15) is 5.82 Å². The van der Waals surface area contributed by atoms with Crippen LogP contribution in [0.5, 0.6) is 0 Å². The Morgan fingerprint density at radius 2 is 1.87 bits per heavy atom. The highest BCUT2D eigenvalue weighted by Gasteiger charge is 2.38. The lowest BCUT2D eigenvalue weighted by Crippen LogP contribution is -2.42. The number of alkyl halides is 3. The number of hydrogen-bond acceptors (Lipinski definition) is 4. The predicted octanol–water partition coefficient (Wildman–Crippen LogP) is 1.75. The standard InChI is InChI=1S/C15H18F3N3O2/c16-15(17,18)14-19-12-3-1-2-4-13(12)21(14)10-11(22)9-20-5-7-23-8-6-20/h1-4,11,22H,5-10H2. The highest BCUT2D eigenvalue weighted by molar-refractivity contribution is 5.76. The highest BCUT2D eigenvalue weighted by atomic mass is 19.4. The number of aromatic nitrogens is 2. The molecule has 0 bridgehead atoms. The fraction of sp³-hybridized carbons (Fsp3) is 0.533. The van der Waals surface area contributed by atoms with Crippen LogP contribution in [0.2, 0.25) is 0 Å². The van der Waals surface area contributed by atoms with Gasteiger partial charge >= 0.3 is 6.18 Å². The lowest BCUT2D eigenvalue weighted by molar-refractivity contribution is -0.147. The van der Waals surface area contributed by atoms with Gasteiger partial charge in [-0.25, -0.2) is 4.98 Å². The van der Waals surface area contributed by atoms with E-state index in [-0.39, 0.29) is 12.1 Å². The fourth-order valence-electron chi connectivity index (χ4n) is 2.83. The van der Waals surface area contributed by atoms with Crippen molar-refractivity contribution in [1.82, 2.24) is 14.5 Å². The number of hydrogen-bond donors (Lipinski definition) is 1. The molecule has 2 aromatic rings. The maximum atomic E-state index is 13.2. The Kier molecular flexibility index (Phi) is 4.56. The molecule has 0 saturated carbocycles. The van der Waals surface area contributed by atoms with Crippen LogP contribution in [0.3, 0.4) is 0 Å². The minimum absolute atomic E-state index is 0.146. The van der Waals surface area contributed by atoms with Gasteiger partial charge in [-0.1, -0.05) is 12.1 Å². The van der Waals surface area contributed by atoms with Crippen LogP contribution in [0.25, 0.3) is 11.0 Å². The number of β-amino-alcohol motifs (C(OH)–C–C–N with tert-alkyl or cyclic N) is 1. The Morgan fingerprint density at radius 3 is 2.57 bits per heavy atom. The Morgan fingerprint density at radius 1 is 1.17 bits per heavy atom. The van der Waals surface area contributed by atoms with Gasteiger partial charge in [0, 0.05) is 19.6 Å². The second-order valence-corrected chi connectivity index (χ2v) is 5.60. The molecule has 23 heavy (non-hydrogen) atoms. The van der Waals surface area contributed by atoms with Crippen LogP contribution in [-0.4, -0.2) is 58.5 Å². The molecule has 2 heterocycles. The molecule has 0 radical (unpaired) electrons. The summed E-state index contributed by atoms with van der Waals surface area (Å²) in [5.74, 6) is -0.972. The first kappa shape index (κ1) is 16.2. The molecular weight excluding hydrogens is 311 g/mol. The van der Waals surface area contributed by atoms with Crippen LogP contribution in [0.4, 0.5) is 13.2 Å². The number of para-hydroxylation sites is 2. The molecule has 1 fully saturated rings. The van der Waals surface area contributed by atoms with Crippen LogP contribution in [-0.2, 0) is 17.5 Å². The number of benzene rings is 1. The largest absolute Gasteiger partial charge is 0.449 e. The van der Waals surface area contributed by atoms with Crippen molar-refractivity contribution in [2.45, 2.75) is 18.8 Å². The van der Waals surface area contributed by atoms with Gasteiger partial charge < -0.3 is 14.4 Å². The van der Waals surface area contributed by atoms with Crippen molar-refractivity contribution in [1.29, 1.82) is 0 Å². The van der Waals surface area contributed by atoms with E-state index in [0.717, 1.165) is 4.57 Å². The molecule has 3 rings (SSSR count). The molecule has 1 unspecified atom stereocenters. The first-order valence-corrected chi connectivity index (χ1v) is 7.46. The van der Waals surface area contributed by atoms with Crippen LogP contribution in [0.15, 0.2) is 24.3 Å². The Balaban J connectivity index is 1.83. The van der Waals surface area contributed by atoms with Gasteiger partial charge in [-0.2, -0.15) is 13.2 Å². The minimum Gasteiger partial charge on any atom is -0.390 e. The van der Waals surface area contributed by atoms with Crippen molar-refractivity contribution < 1.29 is 23.0 Å². The second kappa shape index (κ2) is 6.46. The second-order valence-electron chi connectivity index (χ2n) is 5.60. The van der Waals surface area contributed by atoms with E-state index in [1.54, 1.807) is 18.2 Å². The summed E-state index contributed by atoms with van der Waals surface area (Å²) in [6, 6.07) is 6.42. The topological polar surface area (TPSA) is 50.5 Å². The van der Waals surface area contributed by atoms with E-state index >= 15 is 0 Å². The fourth-order valence-corrected chi connectivity index (χ4v) is 2.83. The Hall–Kier alpha value is -1.64. The Labute approximate surface area is 131 Å². The lowest BCUT2D eigenvalue weighted by atomic mass is 10.2. The maximum absolute atomic E-state index is 13.2. The number of aliphatic hydroxyl groups excluding tert-OH is 1. The first-order chi connectivity index (χ1) is 10.9. The number of nitrogens with zero attached hydrogens (tertiary/aromatic N) is 3. The molecule has 8 heteroatoms. The summed E-state index contributed by atoms with van der Waals surface area (Å²) < 4.78 is 45.9. The zero-order valence-corrected chi connectivity index (χ0v) is 12.5. The number of ether oxygens (including phenoxy) is 1. The summed E-state index contributed by atoms with van der Waals surface area (Å²) >= 11 is 0. The van der Waals surface area contributed by atoms with Gasteiger partial charge in [0.15, 0.2) is 0 Å². The normalized spacial score (nSPS) is 18.4. The molecule has 0 amide bonds. The molecule has 1 aliphatic rings. The van der Waals surface area contributed by atoms with E-state index in [0.29, 0.717) is 38.4 Å². The molecule has 1 N–H and O–H groups in total. The molecule has 5 nitrogen and oxygen atoms in total. The van der Waals surface area contributed by atoms with E-state index in [1.165, 1.54) is 6.07 Å². The average molecular weight is 329 g/mol. The zero-order chi connectivity index (χ0) is 16.4. The van der Waals surface area contributed by atoms with Gasteiger partial charge in [-0.15, -0.1) is 0 Å². The predicted molar refractivity (Wildman–Crippen MR) is 78.0 cm³/mol. The van der Waals surface area contributed by atoms with Crippen molar-refractivity contribution in [3.05, 3.63) is 30.1 Å². The third-order valence-corrected chi connectivity index (χ3v) is 3.87. The molecule has 1 aromatic heterocycles. The SMILES string of the molecule is OC(CN1CCOCC1)Cn1c(C(F)(F)F)nc2ccccc21. The van der Waals surface area contributed by atoms with Gasteiger partial charge in [0.2, 0.25) is 5.82 Å². The van der Waals surface area contributed by atoms with E-state index in [1.807, 2.05) is 4.90 Å². The van der Waals surface area contributed by atoms with Crippen LogP contribution < -0.4 is 0 Å². The van der Waals surface area contributed by atoms with E-state index in [2.05, 4.69) is 4.98 Å². The third-order valence-electron chi connectivity index (χ3n) is 3.87. The Bertz CT molecular complexity index is 666. The molecule has 1 atom stereocenters. The number of morpholine rings is 1. The monoisotopic (exact) mass is 329 g/mol. The smallest absolute Gasteiger partial charge is 0.390 e. The number of imidazole rings is 1. The number of fused-ring (bicyclic) bond motifs is 1. The van der Waals surface area contributed by atoms with E-state index in [4.69, 9.17) is 4.74 Å². The molecule has 0 aliphatic carbocycles. The third kappa shape index (κ3) is 3.65. The molecule has 126 valence electrons. The molecule has 1 aromatic carbocycles. The van der Waals surface area contributed by atoms with Crippen molar-refractivity contribution in [2.24, 2.45) is 0 Å². The summed E-state index contributed by atoms with van der Waals surface area (Å²) in [7, 11) is 0. The average Bonchev–Trinajstić information content (AvgIpc) is 2.87. The highest BCUT2D eigenvalue weighted by Crippen LogP contribution is 2.31. The van der Waals surface area contributed by atoms with Gasteiger partial charge in [-0.3, -0.25) is 4.90 Å². The molecule has 0 spiro atoms. The number of halogens is 3. The number of aliphatic hydroxyl groups is 1. The summed E-state index contributed by atoms with van der Waals surface area (Å²) in [4.78, 5) is 5.66. The lowest BCUT2D eigenvalue weighted by Gasteiger charge is -2.28. The zero-order valence-electron chi connectivity index (χ0n) is 12.5. The van der Waals surface area contributed by atoms with Crippen LogP contribution >= 0.6 is 0 Å². The van der Waals surface area contributed by atoms with Gasteiger partial charge in [0.1, 0.15) is 0 Å². The van der Waals surface area contributed by atoms with Gasteiger partial charge in [-0.05, 0) is 12.1 Å². The van der Waals surface area contributed by atoms with Crippen molar-refractivity contribution in [2.75, 3.05) is 32.8 Å². The molecular formula is C15H18F3N3O2. The van der Waals surface area contributed by atoms with Crippen molar-refractivity contribution in [3.8, 4) is 0 Å². The van der Waals surface area contributed by atoms with Crippen molar-refractivity contribution >= 4 is 11.0 Å². The summed E-state index contributed by atoms with van der Waals surface area (Å²) in [5, 5.41) is 10.2. The minimum atomic E-state index is -4.56. The summed E-state index contributed by atoms with van der Waals surface area (Å²) in [6.07, 6.45) is -5.47. The first-order valence-electron chi connectivity index (χ1n) is 7.46. The molecule has 1 saturated heterocycles. The summed E-state index contributed by atoms with van der Waals surface area (Å²) in [6.45, 7) is 2.67. The number of rotatable bonds is 4. The quantitative estimate of drug-likeness (QED) is 0.928. The maximum Gasteiger partial charge on any atom is 0.449 e. The van der Waals surface area contributed by atoms with Gasteiger partial charge in [0.05, 0.1) is 36.9 Å². The van der Waals surface area contributed by atoms with E-state index in [9.17, 15) is 18.3 Å². The van der Waals surface area contributed by atoms with Crippen LogP contribution in [0, 0.1) is 0 Å². The molecule has 1 aliphatic heterocycles. The van der Waals surface area contributed by atoms with Crippen molar-refractivity contribution in [3.63, 3.8) is 0 Å². The summed E-state index contributed by atoms with van der Waals surface area (Å²) in [5.41, 5.74) is 0.652. The van der Waals surface area contributed by atoms with E-state index < -0.39 is 18.1 Å².